The smallest absolute Gasteiger partial charge is 0.182 e. The molecule has 5 heteroatoms. The fourth-order valence-electron chi connectivity index (χ4n) is 2.20. The van der Waals surface area contributed by atoms with Crippen molar-refractivity contribution in [2.45, 2.75) is 24.8 Å². The SMILES string of the molecule is Cc1ccc(C)c(C(O)CS(=O)(=O)c2ccccc2Cl)c1. The number of hydrogen-bond donors (Lipinski definition) is 1. The van der Waals surface area contributed by atoms with Crippen molar-refractivity contribution in [1.82, 2.24) is 0 Å². The molecule has 0 aliphatic carbocycles. The number of aryl methyl sites for hydroxylation is 2. The lowest BCUT2D eigenvalue weighted by atomic mass is 10.0. The number of hydrogen-bond acceptors (Lipinski definition) is 3. The van der Waals surface area contributed by atoms with Crippen LogP contribution in [-0.2, 0) is 9.84 Å². The van der Waals surface area contributed by atoms with Crippen LogP contribution in [0.3, 0.4) is 0 Å². The fraction of sp³-hybridized carbons (Fsp3) is 0.250. The summed E-state index contributed by atoms with van der Waals surface area (Å²) in [6.45, 7) is 3.75. The van der Waals surface area contributed by atoms with Crippen LogP contribution < -0.4 is 0 Å². The third kappa shape index (κ3) is 3.64. The molecule has 0 saturated carbocycles. The van der Waals surface area contributed by atoms with E-state index in [4.69, 9.17) is 11.6 Å². The zero-order chi connectivity index (χ0) is 15.6. The molecule has 2 aromatic carbocycles. The number of aliphatic hydroxyl groups excluding tert-OH is 1. The quantitative estimate of drug-likeness (QED) is 0.937. The highest BCUT2D eigenvalue weighted by molar-refractivity contribution is 7.91. The molecule has 3 nitrogen and oxygen atoms in total. The Morgan fingerprint density at radius 3 is 2.48 bits per heavy atom. The van der Waals surface area contributed by atoms with E-state index in [0.717, 1.165) is 11.1 Å². The van der Waals surface area contributed by atoms with Gasteiger partial charge in [0.2, 0.25) is 0 Å². The standard InChI is InChI=1S/C16H17ClO3S/c1-11-7-8-12(2)13(9-11)15(18)10-21(19,20)16-6-4-3-5-14(16)17/h3-9,15,18H,10H2,1-2H3. The van der Waals surface area contributed by atoms with Gasteiger partial charge in [-0.05, 0) is 37.1 Å². The van der Waals surface area contributed by atoms with Crippen LogP contribution in [0.2, 0.25) is 5.02 Å². The Morgan fingerprint density at radius 1 is 1.14 bits per heavy atom. The van der Waals surface area contributed by atoms with Crippen LogP contribution in [-0.4, -0.2) is 19.3 Å². The van der Waals surface area contributed by atoms with Crippen molar-refractivity contribution in [3.05, 3.63) is 64.2 Å². The normalized spacial score (nSPS) is 13.1. The highest BCUT2D eigenvalue weighted by atomic mass is 35.5. The summed E-state index contributed by atoms with van der Waals surface area (Å²) in [6.07, 6.45) is -1.08. The summed E-state index contributed by atoms with van der Waals surface area (Å²) in [4.78, 5) is 0.0519. The summed E-state index contributed by atoms with van der Waals surface area (Å²) in [7, 11) is -3.65. The molecular formula is C16H17ClO3S. The van der Waals surface area contributed by atoms with Gasteiger partial charge in [-0.3, -0.25) is 0 Å². The van der Waals surface area contributed by atoms with Crippen LogP contribution in [0.25, 0.3) is 0 Å². The molecule has 2 rings (SSSR count). The lowest BCUT2D eigenvalue weighted by Gasteiger charge is -2.15. The molecular weight excluding hydrogens is 308 g/mol. The number of benzene rings is 2. The van der Waals surface area contributed by atoms with E-state index in [2.05, 4.69) is 0 Å². The summed E-state index contributed by atoms with van der Waals surface area (Å²) in [5.41, 5.74) is 2.47. The Labute approximate surface area is 130 Å². The van der Waals surface area contributed by atoms with Crippen molar-refractivity contribution in [2.24, 2.45) is 0 Å². The topological polar surface area (TPSA) is 54.4 Å². The Hall–Kier alpha value is -1.36. The molecule has 1 N–H and O–H groups in total. The largest absolute Gasteiger partial charge is 0.387 e. The monoisotopic (exact) mass is 324 g/mol. The first-order chi connectivity index (χ1) is 9.81. The van der Waals surface area contributed by atoms with E-state index in [1.54, 1.807) is 12.1 Å². The van der Waals surface area contributed by atoms with Gasteiger partial charge in [0.1, 0.15) is 0 Å². The molecule has 0 heterocycles. The van der Waals surface area contributed by atoms with Crippen molar-refractivity contribution in [3.8, 4) is 0 Å². The first kappa shape index (κ1) is 16.0. The maximum Gasteiger partial charge on any atom is 0.182 e. The van der Waals surface area contributed by atoms with Gasteiger partial charge in [0, 0.05) is 0 Å². The molecule has 0 radical (unpaired) electrons. The van der Waals surface area contributed by atoms with Crippen LogP contribution in [0.4, 0.5) is 0 Å². The molecule has 0 aliphatic heterocycles. The molecule has 1 atom stereocenters. The highest BCUT2D eigenvalue weighted by Gasteiger charge is 2.23. The van der Waals surface area contributed by atoms with Crippen molar-refractivity contribution in [1.29, 1.82) is 0 Å². The second-order valence-corrected chi connectivity index (χ2v) is 7.50. The molecule has 21 heavy (non-hydrogen) atoms. The average molecular weight is 325 g/mol. The van der Waals surface area contributed by atoms with Crippen molar-refractivity contribution >= 4 is 21.4 Å². The average Bonchev–Trinajstić information content (AvgIpc) is 2.41. The number of halogens is 1. The van der Waals surface area contributed by atoms with Crippen molar-refractivity contribution < 1.29 is 13.5 Å². The van der Waals surface area contributed by atoms with Crippen molar-refractivity contribution in [3.63, 3.8) is 0 Å². The van der Waals surface area contributed by atoms with Crippen LogP contribution in [0, 0.1) is 13.8 Å². The minimum atomic E-state index is -3.65. The summed E-state index contributed by atoms with van der Waals surface area (Å²) in [5.74, 6) is -0.388. The van der Waals surface area contributed by atoms with Crippen molar-refractivity contribution in [2.75, 3.05) is 5.75 Å². The molecule has 0 fully saturated rings. The van der Waals surface area contributed by atoms with E-state index >= 15 is 0 Å². The zero-order valence-corrected chi connectivity index (χ0v) is 13.4. The number of sulfone groups is 1. The summed E-state index contributed by atoms with van der Waals surface area (Å²) >= 11 is 5.93. The minimum Gasteiger partial charge on any atom is -0.387 e. The van der Waals surface area contributed by atoms with E-state index in [-0.39, 0.29) is 15.7 Å². The number of rotatable bonds is 4. The van der Waals surface area contributed by atoms with E-state index in [0.29, 0.717) is 5.56 Å². The van der Waals surface area contributed by atoms with Crippen LogP contribution in [0.5, 0.6) is 0 Å². The Kier molecular flexibility index (Phi) is 4.71. The lowest BCUT2D eigenvalue weighted by molar-refractivity contribution is 0.201. The van der Waals surface area contributed by atoms with Crippen LogP contribution >= 0.6 is 11.6 Å². The number of aliphatic hydroxyl groups is 1. The lowest BCUT2D eigenvalue weighted by Crippen LogP contribution is -2.16. The second-order valence-electron chi connectivity index (χ2n) is 5.09. The summed E-state index contributed by atoms with van der Waals surface area (Å²) in [6, 6.07) is 11.9. The van der Waals surface area contributed by atoms with Gasteiger partial charge in [0.25, 0.3) is 0 Å². The zero-order valence-electron chi connectivity index (χ0n) is 11.9. The van der Waals surface area contributed by atoms with Gasteiger partial charge in [0.15, 0.2) is 9.84 Å². The maximum absolute atomic E-state index is 12.4. The molecule has 0 aromatic heterocycles. The predicted octanol–water partition coefficient (Wildman–Crippen LogP) is 3.46. The molecule has 112 valence electrons. The molecule has 1 unspecified atom stereocenters. The van der Waals surface area contributed by atoms with E-state index in [1.165, 1.54) is 12.1 Å². The fourth-order valence-corrected chi connectivity index (χ4v) is 4.12. The van der Waals surface area contributed by atoms with E-state index in [1.807, 2.05) is 32.0 Å². The van der Waals surface area contributed by atoms with Gasteiger partial charge >= 0.3 is 0 Å². The Balaban J connectivity index is 2.33. The third-order valence-corrected chi connectivity index (χ3v) is 5.57. The Morgan fingerprint density at radius 2 is 1.81 bits per heavy atom. The minimum absolute atomic E-state index is 0.0519. The molecule has 0 spiro atoms. The first-order valence-corrected chi connectivity index (χ1v) is 8.57. The molecule has 0 saturated heterocycles. The summed E-state index contributed by atoms with van der Waals surface area (Å²) < 4.78 is 24.8. The van der Waals surface area contributed by atoms with Gasteiger partial charge in [0.05, 0.1) is 21.8 Å². The predicted molar refractivity (Wildman–Crippen MR) is 84.4 cm³/mol. The van der Waals surface area contributed by atoms with Crippen LogP contribution in [0.1, 0.15) is 22.8 Å². The van der Waals surface area contributed by atoms with Gasteiger partial charge in [-0.25, -0.2) is 8.42 Å². The van der Waals surface area contributed by atoms with E-state index < -0.39 is 15.9 Å². The molecule has 0 amide bonds. The van der Waals surface area contributed by atoms with Gasteiger partial charge in [-0.2, -0.15) is 0 Å². The van der Waals surface area contributed by atoms with Gasteiger partial charge in [-0.1, -0.05) is 47.5 Å². The third-order valence-electron chi connectivity index (χ3n) is 3.34. The molecule has 0 bridgehead atoms. The Bertz CT molecular complexity index is 754. The molecule has 0 aliphatic rings. The van der Waals surface area contributed by atoms with Gasteiger partial charge in [-0.15, -0.1) is 0 Å². The first-order valence-electron chi connectivity index (χ1n) is 6.54. The summed E-state index contributed by atoms with van der Waals surface area (Å²) in [5, 5.41) is 10.5. The molecule has 2 aromatic rings. The van der Waals surface area contributed by atoms with Crippen LogP contribution in [0.15, 0.2) is 47.4 Å². The highest BCUT2D eigenvalue weighted by Crippen LogP contribution is 2.27. The van der Waals surface area contributed by atoms with Gasteiger partial charge < -0.3 is 5.11 Å². The van der Waals surface area contributed by atoms with E-state index in [9.17, 15) is 13.5 Å². The maximum atomic E-state index is 12.4. The second kappa shape index (κ2) is 6.18.